The molecule has 0 atom stereocenters. The minimum atomic E-state index is -0.721. The van der Waals surface area contributed by atoms with E-state index in [-0.39, 0.29) is 5.78 Å². The first-order valence-electron chi connectivity index (χ1n) is 10.8. The molecule has 0 heterocycles. The summed E-state index contributed by atoms with van der Waals surface area (Å²) in [5.74, 6) is 0.688. The van der Waals surface area contributed by atoms with Crippen LogP contribution in [0.25, 0.3) is 0 Å². The molecule has 4 heteroatoms. The molecule has 0 saturated carbocycles. The van der Waals surface area contributed by atoms with Gasteiger partial charge in [-0.2, -0.15) is 0 Å². The van der Waals surface area contributed by atoms with Crippen molar-refractivity contribution < 1.29 is 19.1 Å². The number of carbonyl (C=O) groups excluding carboxylic acids is 2. The first-order valence-corrected chi connectivity index (χ1v) is 10.8. The van der Waals surface area contributed by atoms with Gasteiger partial charge in [0.25, 0.3) is 0 Å². The Bertz CT molecular complexity index is 569. The summed E-state index contributed by atoms with van der Waals surface area (Å²) in [6, 6.07) is 7.05. The van der Waals surface area contributed by atoms with E-state index in [1.54, 1.807) is 32.9 Å². The number of ether oxygens (including phenoxy) is 2. The lowest BCUT2D eigenvalue weighted by Crippen LogP contribution is -2.25. The highest BCUT2D eigenvalue weighted by molar-refractivity contribution is 5.80. The van der Waals surface area contributed by atoms with E-state index in [2.05, 4.69) is 6.92 Å². The Balaban J connectivity index is 2.18. The van der Waals surface area contributed by atoms with Gasteiger partial charge in [0.1, 0.15) is 17.1 Å². The smallest absolute Gasteiger partial charge is 0.428 e. The molecule has 0 aromatic heterocycles. The number of ketones is 1. The van der Waals surface area contributed by atoms with E-state index in [1.165, 1.54) is 44.9 Å². The van der Waals surface area contributed by atoms with Crippen molar-refractivity contribution in [2.24, 2.45) is 0 Å². The molecule has 0 unspecified atom stereocenters. The Morgan fingerprint density at radius 3 is 1.89 bits per heavy atom. The summed E-state index contributed by atoms with van der Waals surface area (Å²) in [6.07, 6.45) is 11.7. The Hall–Kier alpha value is -1.84. The molecule has 0 saturated heterocycles. The van der Waals surface area contributed by atoms with Gasteiger partial charge in [0.2, 0.25) is 0 Å². The summed E-state index contributed by atoms with van der Waals surface area (Å²) in [6.45, 7) is 7.60. The summed E-state index contributed by atoms with van der Waals surface area (Å²) in [7, 11) is 0. The highest BCUT2D eigenvalue weighted by atomic mass is 16.7. The second-order valence-corrected chi connectivity index (χ2v) is 8.50. The average Bonchev–Trinajstić information content (AvgIpc) is 2.60. The van der Waals surface area contributed by atoms with Crippen LogP contribution in [0.5, 0.6) is 5.75 Å². The second kappa shape index (κ2) is 13.4. The first-order chi connectivity index (χ1) is 13.3. The summed E-state index contributed by atoms with van der Waals surface area (Å²) in [5, 5.41) is 0. The van der Waals surface area contributed by atoms with Crippen LogP contribution in [0, 0.1) is 0 Å². The molecule has 0 amide bonds. The molecule has 0 aliphatic carbocycles. The van der Waals surface area contributed by atoms with Crippen molar-refractivity contribution in [2.75, 3.05) is 0 Å². The van der Waals surface area contributed by atoms with Crippen molar-refractivity contribution in [1.82, 2.24) is 0 Å². The van der Waals surface area contributed by atoms with Crippen molar-refractivity contribution in [1.29, 1.82) is 0 Å². The normalized spacial score (nSPS) is 11.3. The van der Waals surface area contributed by atoms with Gasteiger partial charge in [-0.3, -0.25) is 4.79 Å². The number of unbranched alkanes of at least 4 members (excludes halogenated alkanes) is 8. The van der Waals surface area contributed by atoms with Gasteiger partial charge in [0.05, 0.1) is 0 Å². The largest absolute Gasteiger partial charge is 0.514 e. The quantitative estimate of drug-likeness (QED) is 0.206. The Morgan fingerprint density at radius 2 is 1.36 bits per heavy atom. The zero-order valence-electron chi connectivity index (χ0n) is 18.2. The third kappa shape index (κ3) is 12.5. The third-order valence-electron chi connectivity index (χ3n) is 4.47. The predicted molar refractivity (Wildman–Crippen MR) is 114 cm³/mol. The van der Waals surface area contributed by atoms with Crippen molar-refractivity contribution >= 4 is 11.9 Å². The Labute approximate surface area is 171 Å². The predicted octanol–water partition coefficient (Wildman–Crippen LogP) is 7.03. The summed E-state index contributed by atoms with van der Waals surface area (Å²) >= 11 is 0. The molecule has 0 aliphatic heterocycles. The van der Waals surface area contributed by atoms with Crippen LogP contribution in [0.1, 0.15) is 97.5 Å². The van der Waals surface area contributed by atoms with Crippen LogP contribution in [0.3, 0.4) is 0 Å². The van der Waals surface area contributed by atoms with Crippen LogP contribution < -0.4 is 4.74 Å². The molecular weight excluding hydrogens is 352 g/mol. The van der Waals surface area contributed by atoms with Crippen LogP contribution in [0.2, 0.25) is 0 Å². The molecule has 0 spiro atoms. The van der Waals surface area contributed by atoms with Crippen LogP contribution in [0.4, 0.5) is 4.79 Å². The maximum Gasteiger partial charge on any atom is 0.514 e. The summed E-state index contributed by atoms with van der Waals surface area (Å²) < 4.78 is 10.3. The van der Waals surface area contributed by atoms with Crippen LogP contribution in [0.15, 0.2) is 24.3 Å². The van der Waals surface area contributed by atoms with Gasteiger partial charge in [-0.1, -0.05) is 70.4 Å². The molecular formula is C24H38O4. The molecule has 4 nitrogen and oxygen atoms in total. The van der Waals surface area contributed by atoms with E-state index in [0.29, 0.717) is 18.6 Å². The van der Waals surface area contributed by atoms with E-state index in [4.69, 9.17) is 9.47 Å². The van der Waals surface area contributed by atoms with Crippen molar-refractivity contribution in [3.05, 3.63) is 29.8 Å². The number of benzene rings is 1. The first kappa shape index (κ1) is 24.2. The number of Topliss-reactive ketones (excluding diaryl/α,β-unsaturated/α-hetero) is 1. The fourth-order valence-electron chi connectivity index (χ4n) is 2.99. The topological polar surface area (TPSA) is 52.6 Å². The standard InChI is InChI=1S/C24H38O4/c1-5-6-7-8-9-10-11-12-13-14-21(25)19-20-15-17-22(18-16-20)27-23(26)28-24(2,3)4/h15-18H,5-14,19H2,1-4H3. The van der Waals surface area contributed by atoms with Gasteiger partial charge in [-0.05, 0) is 44.9 Å². The minimum absolute atomic E-state index is 0.267. The minimum Gasteiger partial charge on any atom is -0.428 e. The Kier molecular flexibility index (Phi) is 11.5. The number of rotatable bonds is 13. The van der Waals surface area contributed by atoms with E-state index in [9.17, 15) is 9.59 Å². The van der Waals surface area contributed by atoms with Gasteiger partial charge in [0, 0.05) is 12.8 Å². The number of carbonyl (C=O) groups is 2. The van der Waals surface area contributed by atoms with E-state index < -0.39 is 11.8 Å². The van der Waals surface area contributed by atoms with Crippen LogP contribution in [-0.4, -0.2) is 17.5 Å². The second-order valence-electron chi connectivity index (χ2n) is 8.50. The lowest BCUT2D eigenvalue weighted by Gasteiger charge is -2.18. The molecule has 28 heavy (non-hydrogen) atoms. The number of hydrogen-bond acceptors (Lipinski definition) is 4. The molecule has 158 valence electrons. The summed E-state index contributed by atoms with van der Waals surface area (Å²) in [5.41, 5.74) is 0.357. The molecule has 1 aromatic rings. The fraction of sp³-hybridized carbons (Fsp3) is 0.667. The molecule has 0 N–H and O–H groups in total. The lowest BCUT2D eigenvalue weighted by atomic mass is 10.0. The van der Waals surface area contributed by atoms with Gasteiger partial charge < -0.3 is 9.47 Å². The van der Waals surface area contributed by atoms with Gasteiger partial charge in [-0.25, -0.2) is 4.79 Å². The highest BCUT2D eigenvalue weighted by Gasteiger charge is 2.18. The molecule has 0 aliphatic rings. The maximum atomic E-state index is 12.1. The summed E-state index contributed by atoms with van der Waals surface area (Å²) in [4.78, 5) is 23.8. The van der Waals surface area contributed by atoms with Crippen molar-refractivity contribution in [3.8, 4) is 5.75 Å². The molecule has 1 aromatic carbocycles. The van der Waals surface area contributed by atoms with Gasteiger partial charge in [-0.15, -0.1) is 0 Å². The van der Waals surface area contributed by atoms with E-state index >= 15 is 0 Å². The van der Waals surface area contributed by atoms with Crippen LogP contribution in [-0.2, 0) is 16.0 Å². The number of hydrogen-bond donors (Lipinski definition) is 0. The SMILES string of the molecule is CCCCCCCCCCCC(=O)Cc1ccc(OC(=O)OC(C)(C)C)cc1. The Morgan fingerprint density at radius 1 is 0.821 bits per heavy atom. The molecule has 0 bridgehead atoms. The average molecular weight is 391 g/mol. The van der Waals surface area contributed by atoms with E-state index in [1.807, 2.05) is 12.1 Å². The van der Waals surface area contributed by atoms with Gasteiger partial charge >= 0.3 is 6.16 Å². The zero-order chi connectivity index (χ0) is 20.8. The maximum absolute atomic E-state index is 12.1. The fourth-order valence-corrected chi connectivity index (χ4v) is 2.99. The van der Waals surface area contributed by atoms with Crippen molar-refractivity contribution in [3.63, 3.8) is 0 Å². The highest BCUT2D eigenvalue weighted by Crippen LogP contribution is 2.17. The van der Waals surface area contributed by atoms with Crippen LogP contribution >= 0.6 is 0 Å². The van der Waals surface area contributed by atoms with Gasteiger partial charge in [0.15, 0.2) is 0 Å². The molecule has 1 rings (SSSR count). The van der Waals surface area contributed by atoms with Crippen molar-refractivity contribution in [2.45, 2.75) is 104 Å². The lowest BCUT2D eigenvalue weighted by molar-refractivity contribution is -0.118. The molecule has 0 fully saturated rings. The molecule has 0 radical (unpaired) electrons. The third-order valence-corrected chi connectivity index (χ3v) is 4.47. The van der Waals surface area contributed by atoms with E-state index in [0.717, 1.165) is 18.4 Å². The monoisotopic (exact) mass is 390 g/mol. The zero-order valence-corrected chi connectivity index (χ0v) is 18.2.